The Morgan fingerprint density at radius 1 is 0.929 bits per heavy atom. The molecule has 0 aromatic heterocycles. The van der Waals surface area contributed by atoms with Crippen molar-refractivity contribution in [1.82, 2.24) is 0 Å². The third-order valence-corrected chi connectivity index (χ3v) is 2.03. The molecule has 0 aromatic carbocycles. The number of hydrogen-bond acceptors (Lipinski definition) is 0. The summed E-state index contributed by atoms with van der Waals surface area (Å²) in [4.78, 5) is 0. The van der Waals surface area contributed by atoms with Crippen LogP contribution in [-0.4, -0.2) is 6.18 Å². The van der Waals surface area contributed by atoms with Gasteiger partial charge in [0.2, 0.25) is 0 Å². The lowest BCUT2D eigenvalue weighted by Crippen LogP contribution is -2.00. The molecule has 84 valence electrons. The van der Waals surface area contributed by atoms with Gasteiger partial charge in [0.05, 0.1) is 0 Å². The molecular weight excluding hydrogens is 189 g/mol. The average molecular weight is 208 g/mol. The maximum absolute atomic E-state index is 11.6. The van der Waals surface area contributed by atoms with Crippen molar-refractivity contribution < 1.29 is 13.2 Å². The Labute approximate surface area is 84.2 Å². The SMILES string of the molecule is CCCCCCCC/C=C/C(F)(F)F. The lowest BCUT2D eigenvalue weighted by atomic mass is 10.1. The Hall–Kier alpha value is -0.470. The summed E-state index contributed by atoms with van der Waals surface area (Å²) in [6.45, 7) is 2.14. The Bertz CT molecular complexity index is 147. The summed E-state index contributed by atoms with van der Waals surface area (Å²) in [6.07, 6.45) is 4.67. The van der Waals surface area contributed by atoms with Gasteiger partial charge in [0.15, 0.2) is 0 Å². The fourth-order valence-corrected chi connectivity index (χ4v) is 1.26. The standard InChI is InChI=1S/C11H19F3/c1-2-3-4-5-6-7-8-9-10-11(12,13)14/h9-10H,2-8H2,1H3/b10-9+. The van der Waals surface area contributed by atoms with Crippen LogP contribution in [0.15, 0.2) is 12.2 Å². The molecule has 3 heteroatoms. The Balaban J connectivity index is 3.17. The molecule has 0 rings (SSSR count). The lowest BCUT2D eigenvalue weighted by molar-refractivity contribution is -0.0800. The highest BCUT2D eigenvalue weighted by Gasteiger charge is 2.21. The van der Waals surface area contributed by atoms with Crippen LogP contribution >= 0.6 is 0 Å². The number of allylic oxidation sites excluding steroid dienone is 2. The predicted octanol–water partition coefficient (Wildman–Crippen LogP) is 4.86. The van der Waals surface area contributed by atoms with E-state index < -0.39 is 6.18 Å². The van der Waals surface area contributed by atoms with E-state index in [2.05, 4.69) is 6.92 Å². The van der Waals surface area contributed by atoms with Gasteiger partial charge < -0.3 is 0 Å². The molecule has 0 aliphatic rings. The maximum atomic E-state index is 11.6. The molecule has 0 nitrogen and oxygen atoms in total. The van der Waals surface area contributed by atoms with Gasteiger partial charge in [-0.1, -0.05) is 45.1 Å². The van der Waals surface area contributed by atoms with Crippen LogP contribution in [0.4, 0.5) is 13.2 Å². The fourth-order valence-electron chi connectivity index (χ4n) is 1.26. The van der Waals surface area contributed by atoms with Gasteiger partial charge in [0.1, 0.15) is 0 Å². The highest BCUT2D eigenvalue weighted by atomic mass is 19.4. The van der Waals surface area contributed by atoms with E-state index in [9.17, 15) is 13.2 Å². The molecule has 0 saturated heterocycles. The van der Waals surface area contributed by atoms with Crippen LogP contribution in [0.2, 0.25) is 0 Å². The number of hydrogen-bond donors (Lipinski definition) is 0. The van der Waals surface area contributed by atoms with Gasteiger partial charge in [-0.3, -0.25) is 0 Å². The fraction of sp³-hybridized carbons (Fsp3) is 0.818. The van der Waals surface area contributed by atoms with Crippen molar-refractivity contribution in [3.8, 4) is 0 Å². The van der Waals surface area contributed by atoms with Gasteiger partial charge in [-0.2, -0.15) is 13.2 Å². The molecule has 0 aromatic rings. The molecule has 14 heavy (non-hydrogen) atoms. The van der Waals surface area contributed by atoms with E-state index in [1.54, 1.807) is 0 Å². The molecule has 0 amide bonds. The van der Waals surface area contributed by atoms with Crippen LogP contribution in [0.5, 0.6) is 0 Å². The molecule has 0 spiro atoms. The molecule has 0 N–H and O–H groups in total. The van der Waals surface area contributed by atoms with E-state index in [1.807, 2.05) is 0 Å². The second-order valence-electron chi connectivity index (χ2n) is 3.50. The topological polar surface area (TPSA) is 0 Å². The zero-order chi connectivity index (χ0) is 10.9. The maximum Gasteiger partial charge on any atom is 0.409 e. The van der Waals surface area contributed by atoms with Gasteiger partial charge in [0.25, 0.3) is 0 Å². The molecule has 0 fully saturated rings. The van der Waals surface area contributed by atoms with E-state index in [0.29, 0.717) is 12.5 Å². The van der Waals surface area contributed by atoms with Crippen molar-refractivity contribution in [2.24, 2.45) is 0 Å². The number of alkyl halides is 3. The molecule has 0 saturated carbocycles. The summed E-state index contributed by atoms with van der Waals surface area (Å²) < 4.78 is 34.9. The van der Waals surface area contributed by atoms with E-state index in [4.69, 9.17) is 0 Å². The third-order valence-electron chi connectivity index (χ3n) is 2.03. The lowest BCUT2D eigenvalue weighted by Gasteiger charge is -1.99. The Morgan fingerprint density at radius 2 is 1.50 bits per heavy atom. The minimum absolute atomic E-state index is 0.332. The molecular formula is C11H19F3. The molecule has 0 aliphatic carbocycles. The smallest absolute Gasteiger partial charge is 0.167 e. The highest BCUT2D eigenvalue weighted by Crippen LogP contribution is 2.17. The highest BCUT2D eigenvalue weighted by molar-refractivity contribution is 4.88. The van der Waals surface area contributed by atoms with E-state index in [-0.39, 0.29) is 0 Å². The first-order valence-electron chi connectivity index (χ1n) is 5.30. The largest absolute Gasteiger partial charge is 0.409 e. The Kier molecular flexibility index (Phi) is 7.63. The summed E-state index contributed by atoms with van der Waals surface area (Å²) in [5.41, 5.74) is 0. The molecule has 0 heterocycles. The molecule has 0 atom stereocenters. The van der Waals surface area contributed by atoms with E-state index >= 15 is 0 Å². The summed E-state index contributed by atoms with van der Waals surface area (Å²) in [5.74, 6) is 0. The van der Waals surface area contributed by atoms with Gasteiger partial charge in [-0.05, 0) is 12.8 Å². The normalized spacial score (nSPS) is 12.6. The van der Waals surface area contributed by atoms with E-state index in [1.165, 1.54) is 25.3 Å². The van der Waals surface area contributed by atoms with Crippen molar-refractivity contribution in [1.29, 1.82) is 0 Å². The van der Waals surface area contributed by atoms with Crippen molar-refractivity contribution in [2.45, 2.75) is 58.0 Å². The summed E-state index contributed by atoms with van der Waals surface area (Å²) in [6, 6.07) is 0. The number of unbranched alkanes of at least 4 members (excludes halogenated alkanes) is 6. The molecule has 0 radical (unpaired) electrons. The van der Waals surface area contributed by atoms with Gasteiger partial charge in [0, 0.05) is 6.08 Å². The number of rotatable bonds is 7. The zero-order valence-corrected chi connectivity index (χ0v) is 8.74. The van der Waals surface area contributed by atoms with Crippen LogP contribution in [0.25, 0.3) is 0 Å². The first kappa shape index (κ1) is 13.5. The second kappa shape index (κ2) is 7.89. The summed E-state index contributed by atoms with van der Waals surface area (Å²) in [5, 5.41) is 0. The zero-order valence-electron chi connectivity index (χ0n) is 8.74. The van der Waals surface area contributed by atoms with Crippen molar-refractivity contribution in [3.05, 3.63) is 12.2 Å². The summed E-state index contributed by atoms with van der Waals surface area (Å²) >= 11 is 0. The van der Waals surface area contributed by atoms with E-state index in [0.717, 1.165) is 19.3 Å². The van der Waals surface area contributed by atoms with Gasteiger partial charge >= 0.3 is 6.18 Å². The summed E-state index contributed by atoms with van der Waals surface area (Å²) in [7, 11) is 0. The van der Waals surface area contributed by atoms with Crippen LogP contribution in [0.3, 0.4) is 0 Å². The quantitative estimate of drug-likeness (QED) is 0.414. The van der Waals surface area contributed by atoms with Crippen molar-refractivity contribution in [2.75, 3.05) is 0 Å². The van der Waals surface area contributed by atoms with Crippen LogP contribution in [0, 0.1) is 0 Å². The Morgan fingerprint density at radius 3 is 2.07 bits per heavy atom. The van der Waals surface area contributed by atoms with Crippen molar-refractivity contribution >= 4 is 0 Å². The van der Waals surface area contributed by atoms with Gasteiger partial charge in [-0.15, -0.1) is 0 Å². The molecule has 0 unspecified atom stereocenters. The first-order valence-corrected chi connectivity index (χ1v) is 5.30. The average Bonchev–Trinajstić information content (AvgIpc) is 2.08. The monoisotopic (exact) mass is 208 g/mol. The van der Waals surface area contributed by atoms with Gasteiger partial charge in [-0.25, -0.2) is 0 Å². The minimum atomic E-state index is -4.14. The van der Waals surface area contributed by atoms with Crippen LogP contribution in [-0.2, 0) is 0 Å². The third kappa shape index (κ3) is 11.5. The first-order chi connectivity index (χ1) is 6.56. The second-order valence-corrected chi connectivity index (χ2v) is 3.50. The predicted molar refractivity (Wildman–Crippen MR) is 53.2 cm³/mol. The minimum Gasteiger partial charge on any atom is -0.167 e. The molecule has 0 bridgehead atoms. The van der Waals surface area contributed by atoms with Crippen LogP contribution < -0.4 is 0 Å². The number of halogens is 3. The van der Waals surface area contributed by atoms with Crippen molar-refractivity contribution in [3.63, 3.8) is 0 Å². The van der Waals surface area contributed by atoms with Crippen LogP contribution in [0.1, 0.15) is 51.9 Å². The molecule has 0 aliphatic heterocycles.